The zero-order valence-corrected chi connectivity index (χ0v) is 12.2. The third-order valence-electron chi connectivity index (χ3n) is 3.10. The molecular formula is C17H24O2. The van der Waals surface area contributed by atoms with Crippen LogP contribution >= 0.6 is 0 Å². The smallest absolute Gasteiger partial charge is 0.160 e. The zero-order chi connectivity index (χ0) is 14.1. The maximum atomic E-state index is 11.3. The number of Topliss-reactive ketones (excluding diaryl/α,β-unsaturated/α-hetero) is 1. The minimum atomic E-state index is 0.105. The maximum absolute atomic E-state index is 11.3. The number of aryl methyl sites for hydroxylation is 1. The van der Waals surface area contributed by atoms with Gasteiger partial charge in [-0.1, -0.05) is 12.2 Å². The molecule has 0 unspecified atom stereocenters. The van der Waals surface area contributed by atoms with Gasteiger partial charge >= 0.3 is 0 Å². The minimum absolute atomic E-state index is 0.105. The molecule has 0 saturated heterocycles. The van der Waals surface area contributed by atoms with Crippen molar-refractivity contribution in [3.63, 3.8) is 0 Å². The molecule has 104 valence electrons. The van der Waals surface area contributed by atoms with Gasteiger partial charge in [0.05, 0.1) is 6.61 Å². The van der Waals surface area contributed by atoms with E-state index in [0.717, 1.165) is 36.3 Å². The van der Waals surface area contributed by atoms with Gasteiger partial charge in [0, 0.05) is 5.56 Å². The Morgan fingerprint density at radius 2 is 2.05 bits per heavy atom. The highest BCUT2D eigenvalue weighted by atomic mass is 16.5. The van der Waals surface area contributed by atoms with Gasteiger partial charge in [-0.15, -0.1) is 0 Å². The highest BCUT2D eigenvalue weighted by Gasteiger charge is 2.04. The van der Waals surface area contributed by atoms with Crippen molar-refractivity contribution in [3.05, 3.63) is 41.5 Å². The summed E-state index contributed by atoms with van der Waals surface area (Å²) in [5.41, 5.74) is 1.76. The number of ketones is 1. The predicted molar refractivity (Wildman–Crippen MR) is 80.0 cm³/mol. The average molecular weight is 260 g/mol. The van der Waals surface area contributed by atoms with E-state index in [1.165, 1.54) is 12.8 Å². The summed E-state index contributed by atoms with van der Waals surface area (Å²) >= 11 is 0. The van der Waals surface area contributed by atoms with Crippen LogP contribution in [0.3, 0.4) is 0 Å². The van der Waals surface area contributed by atoms with E-state index in [0.29, 0.717) is 0 Å². The molecule has 0 aliphatic rings. The second-order valence-electron chi connectivity index (χ2n) is 4.80. The van der Waals surface area contributed by atoms with Crippen LogP contribution in [0.4, 0.5) is 0 Å². The third-order valence-corrected chi connectivity index (χ3v) is 3.10. The summed E-state index contributed by atoms with van der Waals surface area (Å²) in [6.45, 7) is 6.33. The maximum Gasteiger partial charge on any atom is 0.160 e. The van der Waals surface area contributed by atoms with Crippen LogP contribution in [0, 0.1) is 6.92 Å². The van der Waals surface area contributed by atoms with E-state index in [4.69, 9.17) is 4.74 Å². The van der Waals surface area contributed by atoms with Crippen molar-refractivity contribution in [2.24, 2.45) is 0 Å². The van der Waals surface area contributed by atoms with Crippen molar-refractivity contribution in [2.45, 2.75) is 46.5 Å². The van der Waals surface area contributed by atoms with Gasteiger partial charge in [0.15, 0.2) is 5.78 Å². The number of hydrogen-bond donors (Lipinski definition) is 0. The SMILES string of the molecule is C/C=C\CCCCCOc1ccc(C(C)=O)c(C)c1. The molecule has 0 atom stereocenters. The summed E-state index contributed by atoms with van der Waals surface area (Å²) in [4.78, 5) is 11.3. The predicted octanol–water partition coefficient (Wildman–Crippen LogP) is 4.71. The summed E-state index contributed by atoms with van der Waals surface area (Å²) in [6.07, 6.45) is 8.93. The van der Waals surface area contributed by atoms with E-state index in [2.05, 4.69) is 19.1 Å². The fourth-order valence-corrected chi connectivity index (χ4v) is 2.02. The number of carbonyl (C=O) groups excluding carboxylic acids is 1. The average Bonchev–Trinajstić information content (AvgIpc) is 2.37. The molecule has 1 rings (SSSR count). The fraction of sp³-hybridized carbons (Fsp3) is 0.471. The first-order valence-corrected chi connectivity index (χ1v) is 7.00. The van der Waals surface area contributed by atoms with Crippen LogP contribution < -0.4 is 4.74 Å². The van der Waals surface area contributed by atoms with Crippen molar-refractivity contribution in [3.8, 4) is 5.75 Å². The molecule has 0 heterocycles. The van der Waals surface area contributed by atoms with E-state index in [1.54, 1.807) is 6.92 Å². The monoisotopic (exact) mass is 260 g/mol. The number of carbonyl (C=O) groups is 1. The van der Waals surface area contributed by atoms with Gasteiger partial charge in [-0.3, -0.25) is 4.79 Å². The van der Waals surface area contributed by atoms with Crippen LogP contribution in [0.25, 0.3) is 0 Å². The van der Waals surface area contributed by atoms with Crippen molar-refractivity contribution in [1.82, 2.24) is 0 Å². The number of allylic oxidation sites excluding steroid dienone is 2. The number of unbranched alkanes of at least 4 members (excludes halogenated alkanes) is 3. The molecule has 0 aliphatic carbocycles. The standard InChI is InChI=1S/C17H24O2/c1-4-5-6-7-8-9-12-19-16-10-11-17(15(3)18)14(2)13-16/h4-5,10-11,13H,6-9,12H2,1-3H3/b5-4-. The van der Waals surface area contributed by atoms with Gasteiger partial charge in [-0.05, 0) is 70.2 Å². The van der Waals surface area contributed by atoms with Crippen LogP contribution in [0.1, 0.15) is 55.5 Å². The lowest BCUT2D eigenvalue weighted by Crippen LogP contribution is -2.00. The molecule has 0 saturated carbocycles. The Balaban J connectivity index is 2.30. The number of ether oxygens (including phenoxy) is 1. The van der Waals surface area contributed by atoms with Crippen LogP contribution in [-0.4, -0.2) is 12.4 Å². The molecule has 0 spiro atoms. The molecule has 2 nitrogen and oxygen atoms in total. The molecule has 0 bridgehead atoms. The Hall–Kier alpha value is -1.57. The first-order valence-electron chi connectivity index (χ1n) is 7.00. The van der Waals surface area contributed by atoms with Gasteiger partial charge < -0.3 is 4.74 Å². The van der Waals surface area contributed by atoms with Crippen molar-refractivity contribution in [2.75, 3.05) is 6.61 Å². The highest BCUT2D eigenvalue weighted by molar-refractivity contribution is 5.95. The van der Waals surface area contributed by atoms with Crippen molar-refractivity contribution < 1.29 is 9.53 Å². The number of benzene rings is 1. The molecule has 19 heavy (non-hydrogen) atoms. The Labute approximate surface area is 116 Å². The second-order valence-corrected chi connectivity index (χ2v) is 4.80. The highest BCUT2D eigenvalue weighted by Crippen LogP contribution is 2.18. The summed E-state index contributed by atoms with van der Waals surface area (Å²) < 4.78 is 5.70. The van der Waals surface area contributed by atoms with Crippen molar-refractivity contribution in [1.29, 1.82) is 0 Å². The Morgan fingerprint density at radius 3 is 2.68 bits per heavy atom. The van der Waals surface area contributed by atoms with Gasteiger partial charge in [0.25, 0.3) is 0 Å². The summed E-state index contributed by atoms with van der Waals surface area (Å²) in [6, 6.07) is 5.67. The molecule has 0 N–H and O–H groups in total. The van der Waals surface area contributed by atoms with Crippen LogP contribution in [-0.2, 0) is 0 Å². The molecular weight excluding hydrogens is 236 g/mol. The van der Waals surface area contributed by atoms with Crippen molar-refractivity contribution >= 4 is 5.78 Å². The minimum Gasteiger partial charge on any atom is -0.494 e. The third kappa shape index (κ3) is 5.73. The molecule has 0 fully saturated rings. The summed E-state index contributed by atoms with van der Waals surface area (Å²) in [5, 5.41) is 0. The van der Waals surface area contributed by atoms with E-state index in [9.17, 15) is 4.79 Å². The number of rotatable bonds is 8. The van der Waals surface area contributed by atoms with Crippen LogP contribution in [0.2, 0.25) is 0 Å². The molecule has 0 amide bonds. The Morgan fingerprint density at radius 1 is 1.26 bits per heavy atom. The lowest BCUT2D eigenvalue weighted by Gasteiger charge is -2.08. The summed E-state index contributed by atoms with van der Waals surface area (Å²) in [5.74, 6) is 0.962. The quantitative estimate of drug-likeness (QED) is 0.384. The van der Waals surface area contributed by atoms with E-state index < -0.39 is 0 Å². The van der Waals surface area contributed by atoms with E-state index in [-0.39, 0.29) is 5.78 Å². The largest absolute Gasteiger partial charge is 0.494 e. The first-order chi connectivity index (χ1) is 9.15. The topological polar surface area (TPSA) is 26.3 Å². The first kappa shape index (κ1) is 15.5. The Bertz CT molecular complexity index is 433. The normalized spacial score (nSPS) is 10.9. The molecule has 1 aromatic rings. The van der Waals surface area contributed by atoms with Crippen LogP contribution in [0.15, 0.2) is 30.4 Å². The van der Waals surface area contributed by atoms with Gasteiger partial charge in [-0.25, -0.2) is 0 Å². The molecule has 0 radical (unpaired) electrons. The molecule has 2 heteroatoms. The van der Waals surface area contributed by atoms with Gasteiger partial charge in [-0.2, -0.15) is 0 Å². The lowest BCUT2D eigenvalue weighted by molar-refractivity contribution is 0.101. The Kier molecular flexibility index (Phi) is 6.94. The molecule has 1 aromatic carbocycles. The number of hydrogen-bond acceptors (Lipinski definition) is 2. The summed E-state index contributed by atoms with van der Waals surface area (Å²) in [7, 11) is 0. The zero-order valence-electron chi connectivity index (χ0n) is 12.2. The molecule has 0 aliphatic heterocycles. The van der Waals surface area contributed by atoms with E-state index in [1.807, 2.05) is 25.1 Å². The molecule has 0 aromatic heterocycles. The van der Waals surface area contributed by atoms with Crippen LogP contribution in [0.5, 0.6) is 5.75 Å². The lowest BCUT2D eigenvalue weighted by atomic mass is 10.1. The second kappa shape index (κ2) is 8.52. The fourth-order valence-electron chi connectivity index (χ4n) is 2.02. The van der Waals surface area contributed by atoms with E-state index >= 15 is 0 Å². The van der Waals surface area contributed by atoms with Gasteiger partial charge in [0.2, 0.25) is 0 Å². The van der Waals surface area contributed by atoms with Gasteiger partial charge in [0.1, 0.15) is 5.75 Å².